The van der Waals surface area contributed by atoms with Crippen LogP contribution < -0.4 is 0 Å². The largest absolute Gasteiger partial charge is 0.481 e. The highest BCUT2D eigenvalue weighted by Gasteiger charge is 2.19. The van der Waals surface area contributed by atoms with Gasteiger partial charge in [0.1, 0.15) is 5.78 Å². The predicted octanol–water partition coefficient (Wildman–Crippen LogP) is 1.64. The Bertz CT molecular complexity index is 523. The number of aromatic carboxylic acids is 1. The molecular formula is C15H19NO5. The van der Waals surface area contributed by atoms with Gasteiger partial charge in [0.25, 0.3) is 0 Å². The maximum absolute atomic E-state index is 11.5. The Morgan fingerprint density at radius 1 is 1.14 bits per heavy atom. The van der Waals surface area contributed by atoms with E-state index >= 15 is 0 Å². The first-order chi connectivity index (χ1) is 9.81. The first kappa shape index (κ1) is 16.8. The SMILES string of the molecule is CC(=O)C(C)N(CCC(=O)O)Cc1ccc(C(=O)O)cc1. The Balaban J connectivity index is 2.81. The molecule has 21 heavy (non-hydrogen) atoms. The van der Waals surface area contributed by atoms with Crippen LogP contribution in [0.5, 0.6) is 0 Å². The molecule has 114 valence electrons. The van der Waals surface area contributed by atoms with E-state index in [2.05, 4.69) is 0 Å². The van der Waals surface area contributed by atoms with Gasteiger partial charge in [-0.3, -0.25) is 14.5 Å². The first-order valence-corrected chi connectivity index (χ1v) is 6.59. The second kappa shape index (κ2) is 7.54. The van der Waals surface area contributed by atoms with Crippen molar-refractivity contribution in [1.29, 1.82) is 0 Å². The molecule has 0 saturated carbocycles. The topological polar surface area (TPSA) is 94.9 Å². The summed E-state index contributed by atoms with van der Waals surface area (Å²) in [6.07, 6.45) is -0.0508. The van der Waals surface area contributed by atoms with Gasteiger partial charge < -0.3 is 10.2 Å². The van der Waals surface area contributed by atoms with E-state index in [1.807, 2.05) is 0 Å². The van der Waals surface area contributed by atoms with Crippen LogP contribution in [0.3, 0.4) is 0 Å². The van der Waals surface area contributed by atoms with Gasteiger partial charge in [0.05, 0.1) is 18.0 Å². The van der Waals surface area contributed by atoms with Gasteiger partial charge in [-0.25, -0.2) is 4.79 Å². The molecule has 0 aliphatic carbocycles. The van der Waals surface area contributed by atoms with Gasteiger partial charge in [-0.2, -0.15) is 0 Å². The number of rotatable bonds is 8. The molecule has 6 heteroatoms. The van der Waals surface area contributed by atoms with E-state index in [-0.39, 0.29) is 30.4 Å². The van der Waals surface area contributed by atoms with Crippen LogP contribution in [0.2, 0.25) is 0 Å². The molecule has 0 heterocycles. The lowest BCUT2D eigenvalue weighted by atomic mass is 10.1. The number of ketones is 1. The molecule has 1 unspecified atom stereocenters. The highest BCUT2D eigenvalue weighted by atomic mass is 16.4. The summed E-state index contributed by atoms with van der Waals surface area (Å²) in [5.41, 5.74) is 1.02. The molecule has 1 atom stereocenters. The lowest BCUT2D eigenvalue weighted by Gasteiger charge is -2.26. The Morgan fingerprint density at radius 2 is 1.71 bits per heavy atom. The minimum Gasteiger partial charge on any atom is -0.481 e. The fourth-order valence-electron chi connectivity index (χ4n) is 1.89. The summed E-state index contributed by atoms with van der Waals surface area (Å²) in [7, 11) is 0. The third-order valence-corrected chi connectivity index (χ3v) is 3.34. The zero-order chi connectivity index (χ0) is 16.0. The average Bonchev–Trinajstić information content (AvgIpc) is 2.42. The fourth-order valence-corrected chi connectivity index (χ4v) is 1.89. The van der Waals surface area contributed by atoms with Crippen molar-refractivity contribution in [3.63, 3.8) is 0 Å². The molecule has 2 N–H and O–H groups in total. The zero-order valence-corrected chi connectivity index (χ0v) is 12.1. The summed E-state index contributed by atoms with van der Waals surface area (Å²) < 4.78 is 0. The molecule has 0 saturated heterocycles. The molecule has 1 aromatic rings. The van der Waals surface area contributed by atoms with Crippen LogP contribution >= 0.6 is 0 Å². The van der Waals surface area contributed by atoms with Crippen molar-refractivity contribution in [3.05, 3.63) is 35.4 Å². The average molecular weight is 293 g/mol. The van der Waals surface area contributed by atoms with Crippen molar-refractivity contribution in [2.45, 2.75) is 32.9 Å². The van der Waals surface area contributed by atoms with E-state index in [1.165, 1.54) is 19.1 Å². The van der Waals surface area contributed by atoms with Crippen molar-refractivity contribution in [3.8, 4) is 0 Å². The molecular weight excluding hydrogens is 274 g/mol. The molecule has 0 aliphatic rings. The molecule has 1 aromatic carbocycles. The van der Waals surface area contributed by atoms with E-state index in [0.717, 1.165) is 5.56 Å². The Morgan fingerprint density at radius 3 is 2.14 bits per heavy atom. The number of Topliss-reactive ketones (excluding diaryl/α,β-unsaturated/α-hetero) is 1. The minimum absolute atomic E-state index is 0.0393. The van der Waals surface area contributed by atoms with Crippen LogP contribution in [-0.4, -0.2) is 45.4 Å². The highest BCUT2D eigenvalue weighted by molar-refractivity contribution is 5.87. The van der Waals surface area contributed by atoms with Crippen LogP contribution in [0, 0.1) is 0 Å². The van der Waals surface area contributed by atoms with Crippen LogP contribution in [0.25, 0.3) is 0 Å². The quantitative estimate of drug-likeness (QED) is 0.756. The zero-order valence-electron chi connectivity index (χ0n) is 12.1. The number of aliphatic carboxylic acids is 1. The molecule has 1 rings (SSSR count). The summed E-state index contributed by atoms with van der Waals surface area (Å²) >= 11 is 0. The molecule has 0 aromatic heterocycles. The number of hydrogen-bond donors (Lipinski definition) is 2. The van der Waals surface area contributed by atoms with Crippen molar-refractivity contribution < 1.29 is 24.6 Å². The van der Waals surface area contributed by atoms with Gasteiger partial charge in [-0.15, -0.1) is 0 Å². The van der Waals surface area contributed by atoms with Crippen molar-refractivity contribution in [1.82, 2.24) is 4.90 Å². The Labute approximate surface area is 123 Å². The summed E-state index contributed by atoms with van der Waals surface area (Å²) in [6, 6.07) is 5.94. The first-order valence-electron chi connectivity index (χ1n) is 6.59. The van der Waals surface area contributed by atoms with Crippen molar-refractivity contribution >= 4 is 17.7 Å². The molecule has 6 nitrogen and oxygen atoms in total. The second-order valence-electron chi connectivity index (χ2n) is 4.90. The van der Waals surface area contributed by atoms with E-state index in [4.69, 9.17) is 10.2 Å². The number of carbonyl (C=O) groups is 3. The predicted molar refractivity (Wildman–Crippen MR) is 76.2 cm³/mol. The van der Waals surface area contributed by atoms with Crippen molar-refractivity contribution in [2.75, 3.05) is 6.54 Å². The van der Waals surface area contributed by atoms with Gasteiger partial charge in [-0.05, 0) is 31.5 Å². The number of nitrogens with zero attached hydrogens (tertiary/aromatic N) is 1. The number of carbonyl (C=O) groups excluding carboxylic acids is 1. The molecule has 0 fully saturated rings. The minimum atomic E-state index is -0.999. The van der Waals surface area contributed by atoms with Crippen LogP contribution in [0.15, 0.2) is 24.3 Å². The highest BCUT2D eigenvalue weighted by Crippen LogP contribution is 2.11. The normalized spacial score (nSPS) is 12.1. The van der Waals surface area contributed by atoms with Crippen LogP contribution in [0.4, 0.5) is 0 Å². The van der Waals surface area contributed by atoms with Gasteiger partial charge in [0, 0.05) is 13.1 Å². The number of hydrogen-bond acceptors (Lipinski definition) is 4. The lowest BCUT2D eigenvalue weighted by Crippen LogP contribution is -2.38. The van der Waals surface area contributed by atoms with E-state index < -0.39 is 11.9 Å². The van der Waals surface area contributed by atoms with Crippen LogP contribution in [-0.2, 0) is 16.1 Å². The molecule has 0 radical (unpaired) electrons. The van der Waals surface area contributed by atoms with Gasteiger partial charge in [-0.1, -0.05) is 12.1 Å². The summed E-state index contributed by atoms with van der Waals surface area (Å²) in [5.74, 6) is -1.96. The summed E-state index contributed by atoms with van der Waals surface area (Å²) in [6.45, 7) is 3.85. The van der Waals surface area contributed by atoms with E-state index in [9.17, 15) is 14.4 Å². The number of carboxylic acids is 2. The Kier molecular flexibility index (Phi) is 6.05. The third-order valence-electron chi connectivity index (χ3n) is 3.34. The smallest absolute Gasteiger partial charge is 0.335 e. The van der Waals surface area contributed by atoms with Crippen LogP contribution in [0.1, 0.15) is 36.2 Å². The summed E-state index contributed by atoms with van der Waals surface area (Å²) in [4.78, 5) is 34.7. The third kappa shape index (κ3) is 5.35. The van der Waals surface area contributed by atoms with Gasteiger partial charge >= 0.3 is 11.9 Å². The number of carboxylic acid groups (broad SMARTS) is 2. The maximum Gasteiger partial charge on any atom is 0.335 e. The maximum atomic E-state index is 11.5. The Hall–Kier alpha value is -2.21. The molecule has 0 aliphatic heterocycles. The second-order valence-corrected chi connectivity index (χ2v) is 4.90. The van der Waals surface area contributed by atoms with Crippen molar-refractivity contribution in [2.24, 2.45) is 0 Å². The molecule has 0 spiro atoms. The lowest BCUT2D eigenvalue weighted by molar-refractivity contribution is -0.138. The van der Waals surface area contributed by atoms with E-state index in [1.54, 1.807) is 24.0 Å². The monoisotopic (exact) mass is 293 g/mol. The number of benzene rings is 1. The van der Waals surface area contributed by atoms with Gasteiger partial charge in [0.2, 0.25) is 0 Å². The van der Waals surface area contributed by atoms with Gasteiger partial charge in [0.15, 0.2) is 0 Å². The standard InChI is InChI=1S/C15H19NO5/c1-10(11(2)17)16(8-7-14(18)19)9-12-3-5-13(6-4-12)15(20)21/h3-6,10H,7-9H2,1-2H3,(H,18,19)(H,20,21). The molecule has 0 bridgehead atoms. The van der Waals surface area contributed by atoms with E-state index in [0.29, 0.717) is 6.54 Å². The molecule has 0 amide bonds. The summed E-state index contributed by atoms with van der Waals surface area (Å²) in [5, 5.41) is 17.6. The fraction of sp³-hybridized carbons (Fsp3) is 0.400.